The van der Waals surface area contributed by atoms with E-state index in [1.807, 2.05) is 33.2 Å². The summed E-state index contributed by atoms with van der Waals surface area (Å²) in [5.74, 6) is -0.321. The van der Waals surface area contributed by atoms with Gasteiger partial charge in [0.25, 0.3) is 5.91 Å². The van der Waals surface area contributed by atoms with Crippen molar-refractivity contribution in [1.29, 1.82) is 0 Å². The fourth-order valence-corrected chi connectivity index (χ4v) is 4.37. The molecule has 0 bridgehead atoms. The molecule has 0 aliphatic carbocycles. The Morgan fingerprint density at radius 2 is 2.11 bits per heavy atom. The molecule has 2 heterocycles. The summed E-state index contributed by atoms with van der Waals surface area (Å²) in [7, 11) is -1.81. The van der Waals surface area contributed by atoms with E-state index in [-0.39, 0.29) is 16.8 Å². The Hall–Kier alpha value is -2.45. The van der Waals surface area contributed by atoms with Crippen LogP contribution in [0, 0.1) is 0 Å². The van der Waals surface area contributed by atoms with Gasteiger partial charge < -0.3 is 5.32 Å². The van der Waals surface area contributed by atoms with Crippen molar-refractivity contribution >= 4 is 15.9 Å². The number of carbonyl (C=O) groups excluding carboxylic acids is 1. The third-order valence-electron chi connectivity index (χ3n) is 4.71. The molecule has 1 N–H and O–H groups in total. The van der Waals surface area contributed by atoms with Crippen molar-refractivity contribution in [2.75, 3.05) is 13.1 Å². The van der Waals surface area contributed by atoms with Gasteiger partial charge in [0.15, 0.2) is 0 Å². The summed E-state index contributed by atoms with van der Waals surface area (Å²) >= 11 is 0. The number of nitrogens with zero attached hydrogens (tertiary/aromatic N) is 3. The van der Waals surface area contributed by atoms with Gasteiger partial charge in [-0.25, -0.2) is 8.42 Å². The van der Waals surface area contributed by atoms with Crippen LogP contribution in [0.2, 0.25) is 0 Å². The summed E-state index contributed by atoms with van der Waals surface area (Å²) in [4.78, 5) is 12.7. The maximum Gasteiger partial charge on any atom is 0.251 e. The average Bonchev–Trinajstić information content (AvgIpc) is 3.09. The highest BCUT2D eigenvalue weighted by Crippen LogP contribution is 2.21. The Labute approximate surface area is 159 Å². The van der Waals surface area contributed by atoms with E-state index in [2.05, 4.69) is 10.4 Å². The van der Waals surface area contributed by atoms with Gasteiger partial charge in [0, 0.05) is 37.5 Å². The zero-order valence-electron chi connectivity index (χ0n) is 15.7. The lowest BCUT2D eigenvalue weighted by Crippen LogP contribution is -2.35. The molecule has 144 valence electrons. The van der Waals surface area contributed by atoms with E-state index in [0.717, 1.165) is 12.0 Å². The van der Waals surface area contributed by atoms with Crippen LogP contribution in [0.1, 0.15) is 42.2 Å². The Bertz CT molecular complexity index is 978. The zero-order valence-corrected chi connectivity index (χ0v) is 16.5. The van der Waals surface area contributed by atoms with Gasteiger partial charge in [0.05, 0.1) is 17.1 Å². The first-order valence-corrected chi connectivity index (χ1v) is 10.3. The standard InChI is InChI=1S/C19H24N4O3S/c1-14-7-9-23(10-8-14)27(25,26)18-6-4-5-16(11-18)19(24)21-15(2)17-12-20-22(3)13-17/h4-7,11-13,15H,8-10H2,1-3H3,(H,21,24)/t15-/m0/s1. The third kappa shape index (κ3) is 4.28. The second-order valence-corrected chi connectivity index (χ2v) is 8.77. The largest absolute Gasteiger partial charge is 0.345 e. The van der Waals surface area contributed by atoms with Crippen LogP contribution in [-0.4, -0.2) is 41.5 Å². The highest BCUT2D eigenvalue weighted by atomic mass is 32.2. The van der Waals surface area contributed by atoms with E-state index >= 15 is 0 Å². The highest BCUT2D eigenvalue weighted by molar-refractivity contribution is 7.89. The Kier molecular flexibility index (Phi) is 5.48. The second-order valence-electron chi connectivity index (χ2n) is 6.83. The number of sulfonamides is 1. The van der Waals surface area contributed by atoms with Gasteiger partial charge in [-0.3, -0.25) is 9.48 Å². The van der Waals surface area contributed by atoms with E-state index < -0.39 is 10.0 Å². The van der Waals surface area contributed by atoms with E-state index in [0.29, 0.717) is 18.7 Å². The minimum atomic E-state index is -3.62. The molecule has 1 atom stereocenters. The smallest absolute Gasteiger partial charge is 0.251 e. The maximum absolute atomic E-state index is 12.9. The summed E-state index contributed by atoms with van der Waals surface area (Å²) < 4.78 is 28.8. The van der Waals surface area contributed by atoms with Gasteiger partial charge in [-0.05, 0) is 38.5 Å². The van der Waals surface area contributed by atoms with Gasteiger partial charge in [-0.2, -0.15) is 9.40 Å². The molecule has 0 radical (unpaired) electrons. The average molecular weight is 388 g/mol. The summed E-state index contributed by atoms with van der Waals surface area (Å²) in [6, 6.07) is 5.95. The number of nitrogens with one attached hydrogen (secondary N) is 1. The third-order valence-corrected chi connectivity index (χ3v) is 6.57. The van der Waals surface area contributed by atoms with Gasteiger partial charge in [0.2, 0.25) is 10.0 Å². The van der Waals surface area contributed by atoms with Crippen molar-refractivity contribution < 1.29 is 13.2 Å². The van der Waals surface area contributed by atoms with Crippen LogP contribution in [0.15, 0.2) is 53.2 Å². The number of benzene rings is 1. The van der Waals surface area contributed by atoms with Crippen LogP contribution in [0.5, 0.6) is 0 Å². The van der Waals surface area contributed by atoms with Crippen LogP contribution in [0.4, 0.5) is 0 Å². The summed E-state index contributed by atoms with van der Waals surface area (Å²) in [6.07, 6.45) is 6.17. The molecule has 1 aliphatic heterocycles. The molecule has 0 saturated carbocycles. The topological polar surface area (TPSA) is 84.3 Å². The van der Waals surface area contributed by atoms with Crippen molar-refractivity contribution in [2.24, 2.45) is 7.05 Å². The monoisotopic (exact) mass is 388 g/mol. The predicted molar refractivity (Wildman–Crippen MR) is 103 cm³/mol. The number of amides is 1. The van der Waals surface area contributed by atoms with Crippen molar-refractivity contribution in [3.05, 3.63) is 59.4 Å². The fourth-order valence-electron chi connectivity index (χ4n) is 2.94. The predicted octanol–water partition coefficient (Wildman–Crippen LogP) is 2.25. The Morgan fingerprint density at radius 1 is 1.33 bits per heavy atom. The Balaban J connectivity index is 1.77. The van der Waals surface area contributed by atoms with E-state index in [4.69, 9.17) is 0 Å². The fraction of sp³-hybridized carbons (Fsp3) is 0.368. The molecule has 0 unspecified atom stereocenters. The van der Waals surface area contributed by atoms with Crippen molar-refractivity contribution in [2.45, 2.75) is 31.2 Å². The van der Waals surface area contributed by atoms with Crippen LogP contribution >= 0.6 is 0 Å². The van der Waals surface area contributed by atoms with Crippen LogP contribution < -0.4 is 5.32 Å². The molecule has 1 aliphatic rings. The SMILES string of the molecule is CC1=CCN(S(=O)(=O)c2cccc(C(=O)N[C@@H](C)c3cnn(C)c3)c2)CC1. The molecular formula is C19H24N4O3S. The number of hydrogen-bond acceptors (Lipinski definition) is 4. The molecule has 7 nitrogen and oxygen atoms in total. The van der Waals surface area contributed by atoms with Crippen molar-refractivity contribution in [3.8, 4) is 0 Å². The van der Waals surface area contributed by atoms with Gasteiger partial charge in [-0.15, -0.1) is 0 Å². The van der Waals surface area contributed by atoms with Gasteiger partial charge >= 0.3 is 0 Å². The maximum atomic E-state index is 12.9. The molecule has 0 fully saturated rings. The van der Waals surface area contributed by atoms with Crippen LogP contribution in [0.3, 0.4) is 0 Å². The summed E-state index contributed by atoms with van der Waals surface area (Å²) in [5, 5.41) is 6.98. The zero-order chi connectivity index (χ0) is 19.6. The van der Waals surface area contributed by atoms with E-state index in [1.165, 1.54) is 22.0 Å². The van der Waals surface area contributed by atoms with E-state index in [9.17, 15) is 13.2 Å². The molecule has 1 aromatic heterocycles. The molecule has 1 aromatic carbocycles. The molecule has 0 spiro atoms. The van der Waals surface area contributed by atoms with Gasteiger partial charge in [0.1, 0.15) is 0 Å². The lowest BCUT2D eigenvalue weighted by molar-refractivity contribution is 0.0939. The molecule has 0 saturated heterocycles. The molecule has 2 aromatic rings. The van der Waals surface area contributed by atoms with Crippen molar-refractivity contribution in [3.63, 3.8) is 0 Å². The lowest BCUT2D eigenvalue weighted by Gasteiger charge is -2.25. The first-order chi connectivity index (χ1) is 12.8. The number of hydrogen-bond donors (Lipinski definition) is 1. The van der Waals surface area contributed by atoms with Gasteiger partial charge in [-0.1, -0.05) is 17.7 Å². The number of aryl methyl sites for hydroxylation is 1. The highest BCUT2D eigenvalue weighted by Gasteiger charge is 2.26. The minimum Gasteiger partial charge on any atom is -0.345 e. The summed E-state index contributed by atoms with van der Waals surface area (Å²) in [6.45, 7) is 4.68. The van der Waals surface area contributed by atoms with Crippen LogP contribution in [-0.2, 0) is 17.1 Å². The molecule has 1 amide bonds. The van der Waals surface area contributed by atoms with E-state index in [1.54, 1.807) is 23.0 Å². The lowest BCUT2D eigenvalue weighted by atomic mass is 10.1. The minimum absolute atomic E-state index is 0.136. The normalized spacial score (nSPS) is 16.6. The second kappa shape index (κ2) is 7.66. The quantitative estimate of drug-likeness (QED) is 0.796. The first kappa shape index (κ1) is 19.3. The first-order valence-electron chi connectivity index (χ1n) is 8.82. The number of rotatable bonds is 5. The van der Waals surface area contributed by atoms with Crippen molar-refractivity contribution in [1.82, 2.24) is 19.4 Å². The number of carbonyl (C=O) groups is 1. The molecule has 3 rings (SSSR count). The number of aromatic nitrogens is 2. The molecular weight excluding hydrogens is 364 g/mol. The van der Waals surface area contributed by atoms with Crippen LogP contribution in [0.25, 0.3) is 0 Å². The molecule has 27 heavy (non-hydrogen) atoms. The molecule has 8 heteroatoms. The summed E-state index contributed by atoms with van der Waals surface area (Å²) in [5.41, 5.74) is 2.39. The Morgan fingerprint density at radius 3 is 2.74 bits per heavy atom.